The standard InChI is InChI=1S/C18H18FN5O2/c1-11-6-7-12(19)8-15(11)21-16(25)9-23-18(26)17-13-4-2-3-5-14(13)22-24(17)10-20-23/h6-8,10H,2-5,9H2,1H3,(H,21,25). The Balaban J connectivity index is 1.63. The first kappa shape index (κ1) is 16.4. The first-order valence-corrected chi connectivity index (χ1v) is 8.55. The Morgan fingerprint density at radius 2 is 2.12 bits per heavy atom. The molecule has 8 heteroatoms. The van der Waals surface area contributed by atoms with E-state index in [1.54, 1.807) is 13.0 Å². The Kier molecular flexibility index (Phi) is 4.02. The summed E-state index contributed by atoms with van der Waals surface area (Å²) >= 11 is 0. The van der Waals surface area contributed by atoms with Crippen LogP contribution in [0.25, 0.3) is 5.52 Å². The van der Waals surface area contributed by atoms with E-state index in [0.29, 0.717) is 11.2 Å². The summed E-state index contributed by atoms with van der Waals surface area (Å²) < 4.78 is 16.0. The first-order valence-electron chi connectivity index (χ1n) is 8.55. The maximum atomic E-state index is 13.4. The van der Waals surface area contributed by atoms with E-state index in [1.807, 2.05) is 0 Å². The number of nitrogens with zero attached hydrogens (tertiary/aromatic N) is 4. The van der Waals surface area contributed by atoms with Crippen LogP contribution in [0.4, 0.5) is 10.1 Å². The van der Waals surface area contributed by atoms with Crippen molar-refractivity contribution in [3.8, 4) is 0 Å². The van der Waals surface area contributed by atoms with Gasteiger partial charge in [-0.05, 0) is 50.3 Å². The molecule has 7 nitrogen and oxygen atoms in total. The monoisotopic (exact) mass is 355 g/mol. The Morgan fingerprint density at radius 1 is 1.31 bits per heavy atom. The third-order valence-corrected chi connectivity index (χ3v) is 4.69. The van der Waals surface area contributed by atoms with E-state index in [2.05, 4.69) is 15.5 Å². The molecule has 1 N–H and O–H groups in total. The summed E-state index contributed by atoms with van der Waals surface area (Å²) in [7, 11) is 0. The molecule has 0 fully saturated rings. The van der Waals surface area contributed by atoms with E-state index in [1.165, 1.54) is 23.0 Å². The van der Waals surface area contributed by atoms with Crippen molar-refractivity contribution in [1.29, 1.82) is 0 Å². The smallest absolute Gasteiger partial charge is 0.293 e. The van der Waals surface area contributed by atoms with Gasteiger partial charge in [0.1, 0.15) is 24.2 Å². The molecule has 0 unspecified atom stereocenters. The summed E-state index contributed by atoms with van der Waals surface area (Å²) in [5.41, 5.74) is 3.16. The van der Waals surface area contributed by atoms with Crippen molar-refractivity contribution >= 4 is 17.1 Å². The lowest BCUT2D eigenvalue weighted by Crippen LogP contribution is -2.31. The summed E-state index contributed by atoms with van der Waals surface area (Å²) in [4.78, 5) is 25.1. The fourth-order valence-corrected chi connectivity index (χ4v) is 3.34. The fourth-order valence-electron chi connectivity index (χ4n) is 3.34. The van der Waals surface area contributed by atoms with Crippen LogP contribution in [0.1, 0.15) is 29.7 Å². The second-order valence-electron chi connectivity index (χ2n) is 6.53. The highest BCUT2D eigenvalue weighted by Gasteiger charge is 2.20. The summed E-state index contributed by atoms with van der Waals surface area (Å²) in [6, 6.07) is 4.16. The van der Waals surface area contributed by atoms with Gasteiger partial charge in [-0.3, -0.25) is 9.59 Å². The predicted molar refractivity (Wildman–Crippen MR) is 93.7 cm³/mol. The van der Waals surface area contributed by atoms with Gasteiger partial charge in [-0.1, -0.05) is 6.07 Å². The highest BCUT2D eigenvalue weighted by Crippen LogP contribution is 2.22. The lowest BCUT2D eigenvalue weighted by molar-refractivity contribution is -0.117. The van der Waals surface area contributed by atoms with Crippen LogP contribution in [0.2, 0.25) is 0 Å². The topological polar surface area (TPSA) is 81.3 Å². The van der Waals surface area contributed by atoms with E-state index in [0.717, 1.165) is 47.2 Å². The van der Waals surface area contributed by atoms with Crippen LogP contribution >= 0.6 is 0 Å². The molecule has 3 aromatic rings. The normalized spacial score (nSPS) is 13.6. The summed E-state index contributed by atoms with van der Waals surface area (Å²) in [5, 5.41) is 11.1. The molecule has 0 saturated carbocycles. The SMILES string of the molecule is Cc1ccc(F)cc1NC(=O)Cn1ncn2nc3c(c2c1=O)CCCC3. The van der Waals surface area contributed by atoms with Gasteiger partial charge in [-0.2, -0.15) is 10.2 Å². The number of aromatic nitrogens is 4. The molecule has 1 aromatic carbocycles. The van der Waals surface area contributed by atoms with Crippen LogP contribution in [-0.2, 0) is 24.2 Å². The largest absolute Gasteiger partial charge is 0.324 e. The van der Waals surface area contributed by atoms with Crippen molar-refractivity contribution in [2.24, 2.45) is 0 Å². The Morgan fingerprint density at radius 3 is 2.96 bits per heavy atom. The highest BCUT2D eigenvalue weighted by molar-refractivity contribution is 5.91. The zero-order valence-electron chi connectivity index (χ0n) is 14.3. The quantitative estimate of drug-likeness (QED) is 0.777. The highest BCUT2D eigenvalue weighted by atomic mass is 19.1. The van der Waals surface area contributed by atoms with Crippen molar-refractivity contribution in [1.82, 2.24) is 19.4 Å². The molecular weight excluding hydrogens is 337 g/mol. The number of hydrogen-bond donors (Lipinski definition) is 1. The van der Waals surface area contributed by atoms with Crippen LogP contribution < -0.4 is 10.9 Å². The second kappa shape index (κ2) is 6.36. The minimum absolute atomic E-state index is 0.245. The second-order valence-corrected chi connectivity index (χ2v) is 6.53. The van der Waals surface area contributed by atoms with Crippen LogP contribution in [0.5, 0.6) is 0 Å². The summed E-state index contributed by atoms with van der Waals surface area (Å²) in [6.07, 6.45) is 5.21. The number of amides is 1. The van der Waals surface area contributed by atoms with E-state index < -0.39 is 11.7 Å². The molecule has 0 saturated heterocycles. The maximum absolute atomic E-state index is 13.4. The van der Waals surface area contributed by atoms with Gasteiger partial charge in [0.2, 0.25) is 5.91 Å². The number of anilines is 1. The Hall–Kier alpha value is -3.03. The molecular formula is C18H18FN5O2. The number of aryl methyl sites for hydroxylation is 3. The van der Waals surface area contributed by atoms with E-state index >= 15 is 0 Å². The molecule has 2 heterocycles. The molecule has 26 heavy (non-hydrogen) atoms. The molecule has 0 spiro atoms. The minimum Gasteiger partial charge on any atom is -0.324 e. The number of rotatable bonds is 3. The number of carbonyl (C=O) groups excluding carboxylic acids is 1. The van der Waals surface area contributed by atoms with Gasteiger partial charge in [0.15, 0.2) is 0 Å². The van der Waals surface area contributed by atoms with Gasteiger partial charge in [-0.15, -0.1) is 0 Å². The van der Waals surface area contributed by atoms with Gasteiger partial charge in [0, 0.05) is 11.3 Å². The first-order chi connectivity index (χ1) is 12.5. The Labute approximate surface area is 148 Å². The van der Waals surface area contributed by atoms with Gasteiger partial charge < -0.3 is 5.32 Å². The fraction of sp³-hybridized carbons (Fsp3) is 0.333. The maximum Gasteiger partial charge on any atom is 0.293 e. The van der Waals surface area contributed by atoms with E-state index in [-0.39, 0.29) is 12.1 Å². The van der Waals surface area contributed by atoms with Crippen molar-refractivity contribution in [3.63, 3.8) is 0 Å². The Bertz CT molecular complexity index is 1070. The number of hydrogen-bond acceptors (Lipinski definition) is 4. The van der Waals surface area contributed by atoms with Gasteiger partial charge in [0.05, 0.1) is 5.69 Å². The van der Waals surface area contributed by atoms with Crippen LogP contribution in [0, 0.1) is 12.7 Å². The molecule has 0 radical (unpaired) electrons. The molecule has 1 aliphatic carbocycles. The van der Waals surface area contributed by atoms with Crippen molar-refractivity contribution in [2.45, 2.75) is 39.2 Å². The average molecular weight is 355 g/mol. The lowest BCUT2D eigenvalue weighted by atomic mass is 9.97. The lowest BCUT2D eigenvalue weighted by Gasteiger charge is -2.10. The third kappa shape index (κ3) is 2.87. The van der Waals surface area contributed by atoms with Gasteiger partial charge >= 0.3 is 0 Å². The molecule has 4 rings (SSSR count). The van der Waals surface area contributed by atoms with Crippen LogP contribution in [0.15, 0.2) is 29.3 Å². The van der Waals surface area contributed by atoms with Gasteiger partial charge in [-0.25, -0.2) is 13.6 Å². The summed E-state index contributed by atoms with van der Waals surface area (Å²) in [5.74, 6) is -0.875. The molecule has 1 amide bonds. The average Bonchev–Trinajstić information content (AvgIpc) is 3.00. The molecule has 1 aliphatic rings. The zero-order chi connectivity index (χ0) is 18.3. The summed E-state index contributed by atoms with van der Waals surface area (Å²) in [6.45, 7) is 1.52. The molecule has 134 valence electrons. The molecule has 0 bridgehead atoms. The van der Waals surface area contributed by atoms with Crippen molar-refractivity contribution < 1.29 is 9.18 Å². The number of fused-ring (bicyclic) bond motifs is 3. The predicted octanol–water partition coefficient (Wildman–Crippen LogP) is 1.86. The van der Waals surface area contributed by atoms with Crippen LogP contribution in [-0.4, -0.2) is 25.3 Å². The zero-order valence-corrected chi connectivity index (χ0v) is 14.3. The molecule has 0 aliphatic heterocycles. The minimum atomic E-state index is -0.439. The number of halogens is 1. The third-order valence-electron chi connectivity index (χ3n) is 4.69. The van der Waals surface area contributed by atoms with Crippen molar-refractivity contribution in [2.75, 3.05) is 5.32 Å². The van der Waals surface area contributed by atoms with E-state index in [4.69, 9.17) is 0 Å². The molecule has 2 aromatic heterocycles. The van der Waals surface area contributed by atoms with Crippen molar-refractivity contribution in [3.05, 3.63) is 57.5 Å². The number of benzene rings is 1. The molecule has 0 atom stereocenters. The number of carbonyl (C=O) groups is 1. The van der Waals surface area contributed by atoms with Crippen LogP contribution in [0.3, 0.4) is 0 Å². The van der Waals surface area contributed by atoms with Gasteiger partial charge in [0.25, 0.3) is 5.56 Å². The number of nitrogens with one attached hydrogen (secondary N) is 1. The van der Waals surface area contributed by atoms with E-state index in [9.17, 15) is 14.0 Å².